The summed E-state index contributed by atoms with van der Waals surface area (Å²) in [5.74, 6) is 0. The topological polar surface area (TPSA) is 12.9 Å². The van der Waals surface area contributed by atoms with Gasteiger partial charge in [0.1, 0.15) is 0 Å². The lowest BCUT2D eigenvalue weighted by Crippen LogP contribution is -1.83. The first-order valence-corrected chi connectivity index (χ1v) is 4.50. The SMILES string of the molecule is CCc1ccc(C=CBr)nc1. The molecule has 0 aliphatic heterocycles. The fraction of sp³-hybridized carbons (Fsp3) is 0.222. The lowest BCUT2D eigenvalue weighted by molar-refractivity contribution is 1.10. The van der Waals surface area contributed by atoms with E-state index in [9.17, 15) is 0 Å². The zero-order valence-electron chi connectivity index (χ0n) is 6.42. The van der Waals surface area contributed by atoms with E-state index in [0.717, 1.165) is 12.1 Å². The van der Waals surface area contributed by atoms with Crippen LogP contribution in [0.5, 0.6) is 0 Å². The molecule has 0 aromatic carbocycles. The average Bonchev–Trinajstić information content (AvgIpc) is 2.07. The number of rotatable bonds is 2. The van der Waals surface area contributed by atoms with Crippen molar-refractivity contribution in [3.05, 3.63) is 34.6 Å². The minimum Gasteiger partial charge on any atom is -0.257 e. The molecule has 58 valence electrons. The van der Waals surface area contributed by atoms with E-state index < -0.39 is 0 Å². The van der Waals surface area contributed by atoms with E-state index in [-0.39, 0.29) is 0 Å². The molecule has 0 aliphatic rings. The van der Waals surface area contributed by atoms with Gasteiger partial charge in [0, 0.05) is 6.20 Å². The lowest BCUT2D eigenvalue weighted by atomic mass is 10.2. The monoisotopic (exact) mass is 211 g/mol. The second kappa shape index (κ2) is 4.29. The van der Waals surface area contributed by atoms with Gasteiger partial charge in [-0.1, -0.05) is 28.9 Å². The summed E-state index contributed by atoms with van der Waals surface area (Å²) in [6.07, 6.45) is 4.87. The summed E-state index contributed by atoms with van der Waals surface area (Å²) in [6.45, 7) is 2.12. The maximum Gasteiger partial charge on any atom is 0.0635 e. The Morgan fingerprint density at radius 3 is 2.82 bits per heavy atom. The van der Waals surface area contributed by atoms with E-state index in [1.165, 1.54) is 5.56 Å². The van der Waals surface area contributed by atoms with Crippen molar-refractivity contribution < 1.29 is 0 Å². The third-order valence-electron chi connectivity index (χ3n) is 1.49. The molecule has 0 saturated carbocycles. The van der Waals surface area contributed by atoms with Gasteiger partial charge in [-0.15, -0.1) is 0 Å². The fourth-order valence-corrected chi connectivity index (χ4v) is 1.08. The number of pyridine rings is 1. The van der Waals surface area contributed by atoms with Gasteiger partial charge in [0.05, 0.1) is 5.69 Å². The van der Waals surface area contributed by atoms with E-state index in [4.69, 9.17) is 0 Å². The normalized spacial score (nSPS) is 10.7. The van der Waals surface area contributed by atoms with E-state index in [1.807, 2.05) is 18.3 Å². The van der Waals surface area contributed by atoms with Crippen LogP contribution >= 0.6 is 15.9 Å². The summed E-state index contributed by atoms with van der Waals surface area (Å²) >= 11 is 3.20. The molecular weight excluding hydrogens is 202 g/mol. The van der Waals surface area contributed by atoms with Crippen LogP contribution in [0.3, 0.4) is 0 Å². The molecule has 0 amide bonds. The summed E-state index contributed by atoms with van der Waals surface area (Å²) < 4.78 is 0. The van der Waals surface area contributed by atoms with E-state index in [2.05, 4.69) is 33.9 Å². The molecule has 1 aromatic rings. The van der Waals surface area contributed by atoms with E-state index in [0.29, 0.717) is 0 Å². The summed E-state index contributed by atoms with van der Waals surface area (Å²) in [5, 5.41) is 0. The van der Waals surface area contributed by atoms with Crippen LogP contribution in [0, 0.1) is 0 Å². The van der Waals surface area contributed by atoms with Gasteiger partial charge >= 0.3 is 0 Å². The standard InChI is InChI=1S/C9H10BrN/c1-2-8-3-4-9(5-6-10)11-7-8/h3-7H,2H2,1H3. The number of hydrogen-bond donors (Lipinski definition) is 0. The summed E-state index contributed by atoms with van der Waals surface area (Å²) in [5.41, 5.74) is 2.26. The van der Waals surface area contributed by atoms with Gasteiger partial charge < -0.3 is 0 Å². The summed E-state index contributed by atoms with van der Waals surface area (Å²) in [4.78, 5) is 6.03. The van der Waals surface area contributed by atoms with Crippen LogP contribution in [-0.2, 0) is 6.42 Å². The van der Waals surface area contributed by atoms with E-state index in [1.54, 1.807) is 4.99 Å². The Morgan fingerprint density at radius 2 is 2.36 bits per heavy atom. The number of aryl methyl sites for hydroxylation is 1. The molecule has 2 heteroatoms. The van der Waals surface area contributed by atoms with Gasteiger partial charge in [-0.25, -0.2) is 0 Å². The zero-order valence-corrected chi connectivity index (χ0v) is 8.01. The van der Waals surface area contributed by atoms with Crippen molar-refractivity contribution in [2.45, 2.75) is 13.3 Å². The third kappa shape index (κ3) is 2.46. The molecule has 0 radical (unpaired) electrons. The first-order chi connectivity index (χ1) is 5.36. The fourth-order valence-electron chi connectivity index (χ4n) is 0.808. The van der Waals surface area contributed by atoms with Crippen molar-refractivity contribution in [3.8, 4) is 0 Å². The van der Waals surface area contributed by atoms with Crippen LogP contribution in [0.2, 0.25) is 0 Å². The Bertz CT molecular complexity index is 238. The number of halogens is 1. The third-order valence-corrected chi connectivity index (χ3v) is 1.75. The second-order valence-electron chi connectivity index (χ2n) is 2.24. The van der Waals surface area contributed by atoms with Gasteiger partial charge in [-0.05, 0) is 29.1 Å². The number of nitrogens with zero attached hydrogens (tertiary/aromatic N) is 1. The Hall–Kier alpha value is -0.630. The first kappa shape index (κ1) is 8.47. The Balaban J connectivity index is 2.82. The maximum atomic E-state index is 4.22. The summed E-state index contributed by atoms with van der Waals surface area (Å²) in [6, 6.07) is 4.10. The highest BCUT2D eigenvalue weighted by Gasteiger charge is 1.88. The molecule has 0 bridgehead atoms. The predicted molar refractivity (Wildman–Crippen MR) is 51.6 cm³/mol. The maximum absolute atomic E-state index is 4.22. The Morgan fingerprint density at radius 1 is 1.55 bits per heavy atom. The molecule has 0 unspecified atom stereocenters. The molecule has 0 fully saturated rings. The number of aromatic nitrogens is 1. The molecular formula is C9H10BrN. The molecule has 0 aliphatic carbocycles. The van der Waals surface area contributed by atoms with Gasteiger partial charge in [0.2, 0.25) is 0 Å². The van der Waals surface area contributed by atoms with Crippen molar-refractivity contribution in [3.63, 3.8) is 0 Å². The van der Waals surface area contributed by atoms with Crippen LogP contribution in [0.15, 0.2) is 23.3 Å². The van der Waals surface area contributed by atoms with Crippen molar-refractivity contribution >= 4 is 22.0 Å². The first-order valence-electron chi connectivity index (χ1n) is 3.58. The minimum absolute atomic E-state index is 0.985. The van der Waals surface area contributed by atoms with Crippen LogP contribution in [0.4, 0.5) is 0 Å². The van der Waals surface area contributed by atoms with Crippen molar-refractivity contribution in [1.29, 1.82) is 0 Å². The highest BCUT2D eigenvalue weighted by Crippen LogP contribution is 2.03. The minimum atomic E-state index is 0.985. The highest BCUT2D eigenvalue weighted by molar-refractivity contribution is 9.11. The van der Waals surface area contributed by atoms with Gasteiger partial charge in [0.25, 0.3) is 0 Å². The average molecular weight is 212 g/mol. The zero-order chi connectivity index (χ0) is 8.10. The lowest BCUT2D eigenvalue weighted by Gasteiger charge is -1.94. The smallest absolute Gasteiger partial charge is 0.0635 e. The molecule has 1 rings (SSSR count). The van der Waals surface area contributed by atoms with Crippen LogP contribution < -0.4 is 0 Å². The molecule has 1 nitrogen and oxygen atoms in total. The Labute approximate surface area is 75.3 Å². The predicted octanol–water partition coefficient (Wildman–Crippen LogP) is 3.01. The van der Waals surface area contributed by atoms with Gasteiger partial charge in [-0.3, -0.25) is 4.98 Å². The largest absolute Gasteiger partial charge is 0.257 e. The molecule has 11 heavy (non-hydrogen) atoms. The number of hydrogen-bond acceptors (Lipinski definition) is 1. The molecule has 0 saturated heterocycles. The van der Waals surface area contributed by atoms with Crippen molar-refractivity contribution in [2.75, 3.05) is 0 Å². The molecule has 1 heterocycles. The van der Waals surface area contributed by atoms with Crippen LogP contribution in [-0.4, -0.2) is 4.98 Å². The Kier molecular flexibility index (Phi) is 3.30. The molecule has 0 N–H and O–H groups in total. The molecule has 0 spiro atoms. The molecule has 0 atom stereocenters. The highest BCUT2D eigenvalue weighted by atomic mass is 79.9. The van der Waals surface area contributed by atoms with Gasteiger partial charge in [-0.2, -0.15) is 0 Å². The quantitative estimate of drug-likeness (QED) is 0.734. The van der Waals surface area contributed by atoms with Crippen LogP contribution in [0.1, 0.15) is 18.2 Å². The van der Waals surface area contributed by atoms with Crippen molar-refractivity contribution in [2.24, 2.45) is 0 Å². The molecule has 1 aromatic heterocycles. The summed E-state index contributed by atoms with van der Waals surface area (Å²) in [7, 11) is 0. The second-order valence-corrected chi connectivity index (χ2v) is 2.77. The van der Waals surface area contributed by atoms with Crippen molar-refractivity contribution in [1.82, 2.24) is 4.98 Å². The van der Waals surface area contributed by atoms with E-state index >= 15 is 0 Å². The van der Waals surface area contributed by atoms with Gasteiger partial charge in [0.15, 0.2) is 0 Å². The van der Waals surface area contributed by atoms with Crippen LogP contribution in [0.25, 0.3) is 6.08 Å².